The molecule has 0 aromatic rings. The van der Waals surface area contributed by atoms with E-state index in [2.05, 4.69) is 5.82 Å². The first-order valence-corrected chi connectivity index (χ1v) is 5.58. The first-order chi connectivity index (χ1) is 4.18. The molecule has 9 heavy (non-hydrogen) atoms. The van der Waals surface area contributed by atoms with Crippen LogP contribution >= 0.6 is 0 Å². The first-order valence-electron chi connectivity index (χ1n) is 2.65. The molecule has 1 atom stereocenters. The van der Waals surface area contributed by atoms with Crippen LogP contribution in [0.15, 0.2) is 0 Å². The molecule has 0 bridgehead atoms. The van der Waals surface area contributed by atoms with Gasteiger partial charge < -0.3 is 0 Å². The number of aliphatic carboxylic acids is 1. The van der Waals surface area contributed by atoms with E-state index < -0.39 is 12.0 Å². The Labute approximate surface area is 60.8 Å². The van der Waals surface area contributed by atoms with Gasteiger partial charge in [0.05, 0.1) is 0 Å². The van der Waals surface area contributed by atoms with Crippen molar-refractivity contribution in [1.29, 1.82) is 0 Å². The average Bonchev–Trinajstić information content (AvgIpc) is 1.82. The Morgan fingerprint density at radius 3 is 2.78 bits per heavy atom. The van der Waals surface area contributed by atoms with Gasteiger partial charge in [0, 0.05) is 0 Å². The van der Waals surface area contributed by atoms with E-state index in [1.807, 2.05) is 0 Å². The van der Waals surface area contributed by atoms with Crippen LogP contribution in [0, 0.1) is 0 Å². The van der Waals surface area contributed by atoms with Crippen LogP contribution < -0.4 is 5.73 Å². The molecule has 0 spiro atoms. The molecule has 54 valence electrons. The summed E-state index contributed by atoms with van der Waals surface area (Å²) < 4.78 is 0. The van der Waals surface area contributed by atoms with E-state index in [1.54, 1.807) is 0 Å². The Morgan fingerprint density at radius 2 is 2.44 bits per heavy atom. The van der Waals surface area contributed by atoms with Crippen molar-refractivity contribution in [3.05, 3.63) is 0 Å². The second-order valence-electron chi connectivity index (χ2n) is 1.73. The van der Waals surface area contributed by atoms with Crippen molar-refractivity contribution in [3.63, 3.8) is 0 Å². The van der Waals surface area contributed by atoms with Crippen molar-refractivity contribution in [2.75, 3.05) is 0 Å². The summed E-state index contributed by atoms with van der Waals surface area (Å²) in [5.41, 5.74) is 5.21. The number of carbonyl (C=O) groups is 1. The van der Waals surface area contributed by atoms with Crippen molar-refractivity contribution < 1.29 is 9.90 Å². The summed E-state index contributed by atoms with van der Waals surface area (Å²) in [7, 11) is 0. The van der Waals surface area contributed by atoms with Crippen LogP contribution in [0.25, 0.3) is 0 Å². The maximum atomic E-state index is 10.1. The first kappa shape index (κ1) is 8.95. The van der Waals surface area contributed by atoms with Crippen LogP contribution in [0.5, 0.6) is 0 Å². The third-order valence-electron chi connectivity index (χ3n) is 0.950. The zero-order valence-corrected chi connectivity index (χ0v) is 7.05. The molecular formula is C5H11NO2Se. The van der Waals surface area contributed by atoms with Crippen molar-refractivity contribution >= 4 is 20.9 Å². The standard InChI is InChI=1S/C5H11NO2Se/c1-9-3-2-4(6)5(7)8/h4H,2-3,6H2,1H3,(H,7,8)/t4-/m0/s1/i9-5. The van der Waals surface area contributed by atoms with Gasteiger partial charge in [-0.1, -0.05) is 0 Å². The monoisotopic (exact) mass is 191 g/mol. The second-order valence-corrected chi connectivity index (χ2v) is 3.79. The zero-order chi connectivity index (χ0) is 7.28. The minimum atomic E-state index is -0.890. The fraction of sp³-hybridized carbons (Fsp3) is 0.800. The molecule has 0 unspecified atom stereocenters. The molecule has 0 saturated heterocycles. The van der Waals surface area contributed by atoms with Gasteiger partial charge in [-0.2, -0.15) is 0 Å². The summed E-state index contributed by atoms with van der Waals surface area (Å²) >= 11 is 0.549. The molecule has 0 aliphatic rings. The van der Waals surface area contributed by atoms with E-state index in [0.29, 0.717) is 21.4 Å². The molecular weight excluding hydrogens is 180 g/mol. The average molecular weight is 191 g/mol. The van der Waals surface area contributed by atoms with Gasteiger partial charge in [0.1, 0.15) is 0 Å². The normalized spacial score (nSPS) is 13.1. The molecule has 3 N–H and O–H groups in total. The molecule has 0 aromatic carbocycles. The fourth-order valence-electron chi connectivity index (χ4n) is 0.368. The molecule has 0 saturated carbocycles. The Hall–Kier alpha value is -0.0505. The molecule has 0 aliphatic heterocycles. The quantitative estimate of drug-likeness (QED) is 0.613. The van der Waals surface area contributed by atoms with Crippen molar-refractivity contribution in [2.45, 2.75) is 23.6 Å². The van der Waals surface area contributed by atoms with Gasteiger partial charge in [-0.15, -0.1) is 0 Å². The van der Waals surface area contributed by atoms with E-state index >= 15 is 0 Å². The predicted molar refractivity (Wildman–Crippen MR) is 36.7 cm³/mol. The van der Waals surface area contributed by atoms with Gasteiger partial charge >= 0.3 is 60.2 Å². The Kier molecular flexibility index (Phi) is 4.77. The van der Waals surface area contributed by atoms with Crippen molar-refractivity contribution in [3.8, 4) is 0 Å². The van der Waals surface area contributed by atoms with E-state index in [-0.39, 0.29) is 0 Å². The third-order valence-corrected chi connectivity index (χ3v) is 2.30. The van der Waals surface area contributed by atoms with Crippen LogP contribution in [0.3, 0.4) is 0 Å². The summed E-state index contributed by atoms with van der Waals surface area (Å²) in [5.74, 6) is 1.18. The van der Waals surface area contributed by atoms with Crippen LogP contribution in [-0.4, -0.2) is 32.1 Å². The minimum absolute atomic E-state index is 0.549. The Morgan fingerprint density at radius 1 is 1.89 bits per heavy atom. The third kappa shape index (κ3) is 4.45. The number of hydrogen-bond acceptors (Lipinski definition) is 2. The van der Waals surface area contributed by atoms with Gasteiger partial charge in [0.2, 0.25) is 0 Å². The zero-order valence-electron chi connectivity index (χ0n) is 5.33. The molecule has 0 fully saturated rings. The Balaban J connectivity index is 3.27. The van der Waals surface area contributed by atoms with Gasteiger partial charge in [-0.05, 0) is 0 Å². The summed E-state index contributed by atoms with van der Waals surface area (Å²) in [6.45, 7) is 0. The predicted octanol–water partition coefficient (Wildman–Crippen LogP) is -0.0410. The molecule has 0 aromatic heterocycles. The summed E-state index contributed by atoms with van der Waals surface area (Å²) in [6.07, 6.45) is 0.617. The van der Waals surface area contributed by atoms with E-state index in [4.69, 9.17) is 10.8 Å². The number of rotatable bonds is 4. The molecule has 0 aliphatic carbocycles. The number of hydrogen-bond donors (Lipinski definition) is 2. The van der Waals surface area contributed by atoms with Gasteiger partial charge in [0.15, 0.2) is 0 Å². The molecule has 3 nitrogen and oxygen atoms in total. The molecule has 0 radical (unpaired) electrons. The molecule has 0 rings (SSSR count). The maximum absolute atomic E-state index is 10.1. The van der Waals surface area contributed by atoms with E-state index in [1.165, 1.54) is 0 Å². The second kappa shape index (κ2) is 4.79. The van der Waals surface area contributed by atoms with Gasteiger partial charge in [0.25, 0.3) is 0 Å². The van der Waals surface area contributed by atoms with Gasteiger partial charge in [-0.25, -0.2) is 0 Å². The van der Waals surface area contributed by atoms with E-state index in [9.17, 15) is 4.79 Å². The van der Waals surface area contributed by atoms with Gasteiger partial charge in [-0.3, -0.25) is 0 Å². The molecule has 0 heterocycles. The number of carboxylic acid groups (broad SMARTS) is 1. The SMILES string of the molecule is C[74Se]CC[C@H](N)C(=O)O. The van der Waals surface area contributed by atoms with Crippen LogP contribution in [0.2, 0.25) is 11.1 Å². The summed E-state index contributed by atoms with van der Waals surface area (Å²) in [4.78, 5) is 10.1. The van der Waals surface area contributed by atoms with Crippen molar-refractivity contribution in [1.82, 2.24) is 0 Å². The van der Waals surface area contributed by atoms with E-state index in [0.717, 1.165) is 5.32 Å². The topological polar surface area (TPSA) is 63.3 Å². The Bertz CT molecular complexity index is 97.0. The van der Waals surface area contributed by atoms with Crippen LogP contribution in [-0.2, 0) is 4.79 Å². The number of carboxylic acids is 1. The van der Waals surface area contributed by atoms with Crippen LogP contribution in [0.4, 0.5) is 0 Å². The van der Waals surface area contributed by atoms with Crippen LogP contribution in [0.1, 0.15) is 6.42 Å². The molecule has 0 amide bonds. The summed E-state index contributed by atoms with van der Waals surface area (Å²) in [5, 5.41) is 9.25. The fourth-order valence-corrected chi connectivity index (χ4v) is 1.40. The van der Waals surface area contributed by atoms with Crippen molar-refractivity contribution in [2.24, 2.45) is 5.73 Å². The number of nitrogens with two attached hydrogens (primary N) is 1. The molecule has 4 heteroatoms. The summed E-state index contributed by atoms with van der Waals surface area (Å²) in [6, 6.07) is -0.646.